The summed E-state index contributed by atoms with van der Waals surface area (Å²) in [6, 6.07) is 4.49. The van der Waals surface area contributed by atoms with Crippen LogP contribution in [-0.4, -0.2) is 105 Å². The van der Waals surface area contributed by atoms with E-state index in [0.717, 1.165) is 4.90 Å². The number of esters is 1. The number of rotatable bonds is 15. The summed E-state index contributed by atoms with van der Waals surface area (Å²) in [6.45, 7) is 4.66. The van der Waals surface area contributed by atoms with Crippen molar-refractivity contribution in [1.29, 1.82) is 0 Å². The Morgan fingerprint density at radius 2 is 1.63 bits per heavy atom. The van der Waals surface area contributed by atoms with E-state index < -0.39 is 54.6 Å². The van der Waals surface area contributed by atoms with Gasteiger partial charge in [-0.05, 0) is 51.3 Å². The van der Waals surface area contributed by atoms with Crippen molar-refractivity contribution in [2.45, 2.75) is 90.2 Å². The zero-order valence-electron chi connectivity index (χ0n) is 26.1. The number of aliphatic hydroxyl groups excluding tert-OH is 4. The summed E-state index contributed by atoms with van der Waals surface area (Å²) in [6.07, 6.45) is -3.40. The maximum atomic E-state index is 12.8. The maximum absolute atomic E-state index is 12.8. The van der Waals surface area contributed by atoms with Gasteiger partial charge in [-0.1, -0.05) is 12.5 Å². The Bertz CT molecular complexity index is 1270. The Balaban J connectivity index is 1.55. The number of unbranched alkanes of at least 4 members (excludes halogenated alkanes) is 2. The fraction of sp³-hybridized carbons (Fsp3) is 0.581. The lowest BCUT2D eigenvalue weighted by molar-refractivity contribution is -0.277. The molecule has 0 aliphatic carbocycles. The Morgan fingerprint density at radius 1 is 0.935 bits per heavy atom. The van der Waals surface area contributed by atoms with Crippen molar-refractivity contribution in [3.05, 3.63) is 35.9 Å². The molecule has 3 rings (SSSR count). The summed E-state index contributed by atoms with van der Waals surface area (Å²) in [4.78, 5) is 61.6. The van der Waals surface area contributed by atoms with Gasteiger partial charge >= 0.3 is 5.97 Å². The molecule has 2 aliphatic rings. The molecule has 15 heteroatoms. The Hall–Kier alpha value is -3.89. The number of nitrogens with one attached hydrogen (secondary N) is 2. The van der Waals surface area contributed by atoms with Crippen LogP contribution in [0.3, 0.4) is 0 Å². The van der Waals surface area contributed by atoms with Crippen LogP contribution in [0, 0.1) is 5.41 Å². The number of hydrogen-bond donors (Lipinski definition) is 6. The number of nitrogens with zero attached hydrogens (tertiary/aromatic N) is 1. The molecule has 1 aromatic rings. The van der Waals surface area contributed by atoms with E-state index in [-0.39, 0.29) is 61.7 Å². The summed E-state index contributed by atoms with van der Waals surface area (Å²) in [5.41, 5.74) is -0.125. The molecule has 4 amide bonds. The van der Waals surface area contributed by atoms with Crippen LogP contribution in [0.2, 0.25) is 0 Å². The second-order valence-electron chi connectivity index (χ2n) is 12.1. The van der Waals surface area contributed by atoms with Crippen LogP contribution in [0.15, 0.2) is 30.4 Å². The van der Waals surface area contributed by atoms with Crippen LogP contribution in [0.25, 0.3) is 0 Å². The lowest BCUT2D eigenvalue weighted by Gasteiger charge is -2.39. The predicted molar refractivity (Wildman–Crippen MR) is 161 cm³/mol. The first-order valence-electron chi connectivity index (χ1n) is 15.1. The Morgan fingerprint density at radius 3 is 2.28 bits per heavy atom. The first-order valence-corrected chi connectivity index (χ1v) is 15.1. The molecular weight excluding hydrogens is 606 g/mol. The fourth-order valence-corrected chi connectivity index (χ4v) is 4.52. The number of ether oxygens (including phenoxy) is 3. The number of anilines is 1. The number of imide groups is 1. The molecule has 2 heterocycles. The van der Waals surface area contributed by atoms with Gasteiger partial charge in [0.1, 0.15) is 36.8 Å². The van der Waals surface area contributed by atoms with Crippen LogP contribution in [0.1, 0.15) is 58.4 Å². The lowest BCUT2D eigenvalue weighted by Crippen LogP contribution is -2.60. The van der Waals surface area contributed by atoms with Gasteiger partial charge in [-0.15, -0.1) is 0 Å². The van der Waals surface area contributed by atoms with E-state index in [1.165, 1.54) is 24.3 Å². The minimum absolute atomic E-state index is 0.0146. The molecule has 0 aromatic heterocycles. The summed E-state index contributed by atoms with van der Waals surface area (Å²) >= 11 is 0. The van der Waals surface area contributed by atoms with Crippen molar-refractivity contribution in [2.75, 3.05) is 25.0 Å². The topological polar surface area (TPSA) is 221 Å². The van der Waals surface area contributed by atoms with Gasteiger partial charge < -0.3 is 45.3 Å². The number of benzene rings is 1. The molecule has 5 atom stereocenters. The Labute approximate surface area is 266 Å². The number of hydrogen-bond acceptors (Lipinski definition) is 12. The van der Waals surface area contributed by atoms with Crippen LogP contribution in [-0.2, 0) is 40.1 Å². The lowest BCUT2D eigenvalue weighted by atomic mass is 9.97. The molecule has 1 unspecified atom stereocenters. The molecule has 1 fully saturated rings. The second kappa shape index (κ2) is 16.6. The van der Waals surface area contributed by atoms with Crippen molar-refractivity contribution in [3.8, 4) is 5.75 Å². The highest BCUT2D eigenvalue weighted by Crippen LogP contribution is 2.31. The molecule has 15 nitrogen and oxygen atoms in total. The summed E-state index contributed by atoms with van der Waals surface area (Å²) in [7, 11) is 0. The summed E-state index contributed by atoms with van der Waals surface area (Å²) in [5, 5.41) is 45.4. The number of amides is 4. The van der Waals surface area contributed by atoms with Gasteiger partial charge in [0.15, 0.2) is 0 Å². The van der Waals surface area contributed by atoms with Crippen molar-refractivity contribution in [3.63, 3.8) is 0 Å². The summed E-state index contributed by atoms with van der Waals surface area (Å²) in [5.74, 6) is -1.88. The zero-order valence-corrected chi connectivity index (χ0v) is 26.1. The molecule has 46 heavy (non-hydrogen) atoms. The van der Waals surface area contributed by atoms with Gasteiger partial charge in [-0.25, -0.2) is 0 Å². The molecule has 6 N–H and O–H groups in total. The first-order chi connectivity index (χ1) is 21.7. The van der Waals surface area contributed by atoms with Crippen LogP contribution in [0.4, 0.5) is 5.69 Å². The van der Waals surface area contributed by atoms with Gasteiger partial charge in [0.2, 0.25) is 18.1 Å². The third-order valence-corrected chi connectivity index (χ3v) is 7.25. The number of carbonyl (C=O) groups excluding carboxylic acids is 5. The van der Waals surface area contributed by atoms with E-state index in [9.17, 15) is 44.4 Å². The summed E-state index contributed by atoms with van der Waals surface area (Å²) < 4.78 is 16.5. The van der Waals surface area contributed by atoms with Gasteiger partial charge in [0, 0.05) is 38.1 Å². The number of carbonyl (C=O) groups is 5. The number of aliphatic hydroxyl groups is 4. The van der Waals surface area contributed by atoms with E-state index in [1.807, 2.05) is 0 Å². The highest BCUT2D eigenvalue weighted by molar-refractivity contribution is 6.12. The van der Waals surface area contributed by atoms with Crippen molar-refractivity contribution < 1.29 is 58.6 Å². The second-order valence-corrected chi connectivity index (χ2v) is 12.1. The van der Waals surface area contributed by atoms with E-state index >= 15 is 0 Å². The largest absolute Gasteiger partial charge is 0.460 e. The maximum Gasteiger partial charge on any atom is 0.311 e. The molecular formula is C31H43N3O12. The average Bonchev–Trinajstić information content (AvgIpc) is 3.32. The third kappa shape index (κ3) is 10.3. The van der Waals surface area contributed by atoms with Gasteiger partial charge in [0.25, 0.3) is 11.8 Å². The minimum atomic E-state index is -1.69. The molecule has 0 spiro atoms. The van der Waals surface area contributed by atoms with Crippen molar-refractivity contribution in [2.24, 2.45) is 5.41 Å². The molecule has 0 bridgehead atoms. The van der Waals surface area contributed by atoms with Crippen LogP contribution in [0.5, 0.6) is 5.75 Å². The molecule has 2 aliphatic heterocycles. The van der Waals surface area contributed by atoms with E-state index in [4.69, 9.17) is 14.2 Å². The minimum Gasteiger partial charge on any atom is -0.460 e. The Kier molecular flexibility index (Phi) is 13.2. The van der Waals surface area contributed by atoms with Gasteiger partial charge in [-0.3, -0.25) is 28.9 Å². The van der Waals surface area contributed by atoms with Crippen LogP contribution < -0.4 is 15.4 Å². The molecule has 1 aromatic carbocycles. The van der Waals surface area contributed by atoms with Crippen molar-refractivity contribution >= 4 is 35.3 Å². The highest BCUT2D eigenvalue weighted by Gasteiger charge is 2.45. The smallest absolute Gasteiger partial charge is 0.311 e. The highest BCUT2D eigenvalue weighted by atomic mass is 16.7. The predicted octanol–water partition coefficient (Wildman–Crippen LogP) is -0.115. The first kappa shape index (κ1) is 36.6. The zero-order chi connectivity index (χ0) is 34.0. The van der Waals surface area contributed by atoms with Gasteiger partial charge in [0.05, 0.1) is 17.7 Å². The SMILES string of the molecule is CC(C)(C)C(=O)OCc1ccc(OC2O[C@H](CO)[C@H](O)[C@H](O)[C@H]2O)c(NC(=O)CCNC(=O)CCCCCN2C(=O)C=CC2=O)c1. The monoisotopic (exact) mass is 649 g/mol. The normalized spacial score (nSPS) is 22.9. The fourth-order valence-electron chi connectivity index (χ4n) is 4.52. The molecule has 0 saturated carbocycles. The van der Waals surface area contributed by atoms with Gasteiger partial charge in [-0.2, -0.15) is 0 Å². The quantitative estimate of drug-likeness (QED) is 0.0832. The molecule has 0 radical (unpaired) electrons. The third-order valence-electron chi connectivity index (χ3n) is 7.25. The van der Waals surface area contributed by atoms with Crippen molar-refractivity contribution in [1.82, 2.24) is 10.2 Å². The van der Waals surface area contributed by atoms with E-state index in [0.29, 0.717) is 24.8 Å². The standard InChI is InChI=1S/C31H43N3O12/c1-31(2,3)30(43)44-17-18-8-9-20(45-29-28(42)27(41)26(40)21(16-35)46-29)19(15-18)33-23(37)12-13-32-22(36)7-5-4-6-14-34-24(38)10-11-25(34)39/h8-11,15,21,26-29,35,40-42H,4-7,12-14,16-17H2,1-3H3,(H,32,36)(H,33,37)/t21-,26+,27+,28-,29?/m1/s1. The van der Waals surface area contributed by atoms with E-state index in [2.05, 4.69) is 10.6 Å². The van der Waals surface area contributed by atoms with E-state index in [1.54, 1.807) is 26.8 Å². The van der Waals surface area contributed by atoms with Crippen LogP contribution >= 0.6 is 0 Å². The average molecular weight is 650 g/mol. The molecule has 254 valence electrons. The molecule has 1 saturated heterocycles.